The molecule has 0 unspecified atom stereocenters. The molecule has 1 N–H and O–H groups in total. The Bertz CT molecular complexity index is 1100. The molecule has 1 aliphatic heterocycles. The Labute approximate surface area is 161 Å². The normalized spacial score (nSPS) is 13.4. The van der Waals surface area contributed by atoms with E-state index in [2.05, 4.69) is 27.1 Å². The Balaban J connectivity index is 1.52. The molecule has 0 saturated heterocycles. The number of aryl methyl sites for hydroxylation is 2. The topological polar surface area (TPSA) is 97.4 Å². The molecule has 3 aromatic rings. The third-order valence-corrected chi connectivity index (χ3v) is 4.91. The highest BCUT2D eigenvalue weighted by Crippen LogP contribution is 2.17. The highest BCUT2D eigenvalue weighted by Gasteiger charge is 2.23. The lowest BCUT2D eigenvalue weighted by Crippen LogP contribution is -2.38. The van der Waals surface area contributed by atoms with Crippen LogP contribution in [0.3, 0.4) is 0 Å². The summed E-state index contributed by atoms with van der Waals surface area (Å²) in [7, 11) is 0. The van der Waals surface area contributed by atoms with E-state index in [1.54, 1.807) is 15.6 Å². The summed E-state index contributed by atoms with van der Waals surface area (Å²) in [5, 5.41) is 11.5. The van der Waals surface area contributed by atoms with Crippen molar-refractivity contribution < 1.29 is 9.59 Å². The van der Waals surface area contributed by atoms with Crippen LogP contribution >= 0.6 is 0 Å². The zero-order chi connectivity index (χ0) is 19.8. The first-order valence-electron chi connectivity index (χ1n) is 9.03. The Hall–Kier alpha value is -3.49. The van der Waals surface area contributed by atoms with Crippen molar-refractivity contribution in [2.75, 3.05) is 6.54 Å². The van der Waals surface area contributed by atoms with Gasteiger partial charge in [0.15, 0.2) is 5.65 Å². The van der Waals surface area contributed by atoms with Crippen LogP contribution in [0.5, 0.6) is 0 Å². The molecule has 4 heterocycles. The van der Waals surface area contributed by atoms with Crippen LogP contribution in [-0.2, 0) is 24.4 Å². The third-order valence-electron chi connectivity index (χ3n) is 4.91. The van der Waals surface area contributed by atoms with Gasteiger partial charge in [0, 0.05) is 30.0 Å². The van der Waals surface area contributed by atoms with Crippen molar-refractivity contribution in [3.8, 4) is 0 Å². The summed E-state index contributed by atoms with van der Waals surface area (Å²) in [5.41, 5.74) is 4.51. The number of fused-ring (bicyclic) bond motifs is 2. The molecule has 0 radical (unpaired) electrons. The van der Waals surface area contributed by atoms with Gasteiger partial charge in [-0.3, -0.25) is 14.3 Å². The molecule has 0 bridgehead atoms. The largest absolute Gasteiger partial charge is 0.348 e. The minimum Gasteiger partial charge on any atom is -0.348 e. The number of amides is 2. The molecule has 9 heteroatoms. The number of hydrogen-bond donors (Lipinski definition) is 1. The Morgan fingerprint density at radius 2 is 2.07 bits per heavy atom. The van der Waals surface area contributed by atoms with E-state index in [1.165, 1.54) is 12.3 Å². The maximum absolute atomic E-state index is 12.7. The third kappa shape index (κ3) is 3.04. The lowest BCUT2D eigenvalue weighted by atomic mass is 10.2. The monoisotopic (exact) mass is 379 g/mol. The molecule has 1 aliphatic rings. The first-order valence-corrected chi connectivity index (χ1v) is 9.03. The molecule has 0 saturated carbocycles. The SMILES string of the molecule is C=CC(=O)N1CCn2ncc(CNC(=O)c3cnn4c(C)cc(C)nc34)c2C1. The van der Waals surface area contributed by atoms with Crippen molar-refractivity contribution in [3.05, 3.63) is 59.3 Å². The Kier molecular flexibility index (Phi) is 4.42. The number of carbonyl (C=O) groups excluding carboxylic acids is 2. The van der Waals surface area contributed by atoms with Gasteiger partial charge in [-0.1, -0.05) is 6.58 Å². The van der Waals surface area contributed by atoms with Crippen LogP contribution in [0.15, 0.2) is 31.1 Å². The molecule has 3 aromatic heterocycles. The smallest absolute Gasteiger partial charge is 0.257 e. The summed E-state index contributed by atoms with van der Waals surface area (Å²) in [6, 6.07) is 1.91. The molecule has 0 spiro atoms. The van der Waals surface area contributed by atoms with Crippen LogP contribution in [0.4, 0.5) is 0 Å². The molecule has 0 aromatic carbocycles. The van der Waals surface area contributed by atoms with Crippen molar-refractivity contribution in [2.45, 2.75) is 33.5 Å². The van der Waals surface area contributed by atoms with E-state index in [-0.39, 0.29) is 11.8 Å². The fourth-order valence-corrected chi connectivity index (χ4v) is 3.47. The van der Waals surface area contributed by atoms with Crippen LogP contribution in [0.1, 0.15) is 33.0 Å². The van der Waals surface area contributed by atoms with Gasteiger partial charge in [0.1, 0.15) is 5.56 Å². The second-order valence-electron chi connectivity index (χ2n) is 6.82. The van der Waals surface area contributed by atoms with E-state index in [4.69, 9.17) is 0 Å². The van der Waals surface area contributed by atoms with Crippen molar-refractivity contribution in [1.29, 1.82) is 0 Å². The molecular formula is C19H21N7O2. The van der Waals surface area contributed by atoms with Gasteiger partial charge >= 0.3 is 0 Å². The highest BCUT2D eigenvalue weighted by molar-refractivity contribution is 5.99. The van der Waals surface area contributed by atoms with E-state index in [1.807, 2.05) is 24.6 Å². The van der Waals surface area contributed by atoms with Crippen LogP contribution in [-0.4, -0.2) is 47.6 Å². The number of carbonyl (C=O) groups is 2. The van der Waals surface area contributed by atoms with Crippen molar-refractivity contribution in [3.63, 3.8) is 0 Å². The summed E-state index contributed by atoms with van der Waals surface area (Å²) in [4.78, 5) is 30.8. The summed E-state index contributed by atoms with van der Waals surface area (Å²) in [6.45, 7) is 9.33. The minimum atomic E-state index is -0.248. The zero-order valence-electron chi connectivity index (χ0n) is 15.8. The Morgan fingerprint density at radius 3 is 2.86 bits per heavy atom. The van der Waals surface area contributed by atoms with Gasteiger partial charge in [-0.25, -0.2) is 9.50 Å². The van der Waals surface area contributed by atoms with Crippen molar-refractivity contribution in [1.82, 2.24) is 34.6 Å². The summed E-state index contributed by atoms with van der Waals surface area (Å²) < 4.78 is 3.53. The fourth-order valence-electron chi connectivity index (χ4n) is 3.47. The molecule has 0 atom stereocenters. The van der Waals surface area contributed by atoms with Gasteiger partial charge in [0.25, 0.3) is 5.91 Å². The van der Waals surface area contributed by atoms with Gasteiger partial charge in [-0.05, 0) is 26.0 Å². The predicted molar refractivity (Wildman–Crippen MR) is 101 cm³/mol. The van der Waals surface area contributed by atoms with Gasteiger partial charge in [0.2, 0.25) is 5.91 Å². The van der Waals surface area contributed by atoms with E-state index in [0.717, 1.165) is 22.6 Å². The minimum absolute atomic E-state index is 0.106. The number of rotatable bonds is 4. The first kappa shape index (κ1) is 17.9. The lowest BCUT2D eigenvalue weighted by Gasteiger charge is -2.27. The predicted octanol–water partition coefficient (Wildman–Crippen LogP) is 1.00. The van der Waals surface area contributed by atoms with E-state index in [9.17, 15) is 9.59 Å². The van der Waals surface area contributed by atoms with E-state index in [0.29, 0.717) is 37.4 Å². The molecule has 0 fully saturated rings. The summed E-state index contributed by atoms with van der Waals surface area (Å²) in [6.07, 6.45) is 4.58. The summed E-state index contributed by atoms with van der Waals surface area (Å²) >= 11 is 0. The summed E-state index contributed by atoms with van der Waals surface area (Å²) in [5.74, 6) is -0.354. The van der Waals surface area contributed by atoms with E-state index < -0.39 is 0 Å². The zero-order valence-corrected chi connectivity index (χ0v) is 15.8. The van der Waals surface area contributed by atoms with Gasteiger partial charge in [-0.15, -0.1) is 0 Å². The number of aromatic nitrogens is 5. The Morgan fingerprint density at radius 1 is 1.25 bits per heavy atom. The van der Waals surface area contributed by atoms with Gasteiger partial charge in [-0.2, -0.15) is 10.2 Å². The maximum atomic E-state index is 12.7. The van der Waals surface area contributed by atoms with Gasteiger partial charge in [0.05, 0.1) is 31.2 Å². The molecule has 2 amide bonds. The standard InChI is InChI=1S/C19H21N7O2/c1-4-17(27)24-5-6-25-16(11-24)14(9-21-25)8-20-19(28)15-10-22-26-13(3)7-12(2)23-18(15)26/h4,7,9-10H,1,5-6,8,11H2,2-3H3,(H,20,28). The molecule has 9 nitrogen and oxygen atoms in total. The van der Waals surface area contributed by atoms with Crippen LogP contribution in [0, 0.1) is 13.8 Å². The molecular weight excluding hydrogens is 358 g/mol. The first-order chi connectivity index (χ1) is 13.5. The molecule has 28 heavy (non-hydrogen) atoms. The molecule has 0 aliphatic carbocycles. The van der Waals surface area contributed by atoms with Crippen LogP contribution in [0.2, 0.25) is 0 Å². The number of hydrogen-bond acceptors (Lipinski definition) is 5. The maximum Gasteiger partial charge on any atom is 0.257 e. The molecule has 144 valence electrons. The number of nitrogens with one attached hydrogen (secondary N) is 1. The fraction of sp³-hybridized carbons (Fsp3) is 0.316. The van der Waals surface area contributed by atoms with Crippen LogP contribution < -0.4 is 5.32 Å². The average Bonchev–Trinajstić information content (AvgIpc) is 3.29. The van der Waals surface area contributed by atoms with Crippen LogP contribution in [0.25, 0.3) is 5.65 Å². The second-order valence-corrected chi connectivity index (χ2v) is 6.82. The molecule has 4 rings (SSSR count). The average molecular weight is 379 g/mol. The lowest BCUT2D eigenvalue weighted by molar-refractivity contribution is -0.127. The highest BCUT2D eigenvalue weighted by atomic mass is 16.2. The second kappa shape index (κ2) is 6.91. The van der Waals surface area contributed by atoms with Gasteiger partial charge < -0.3 is 10.2 Å². The van der Waals surface area contributed by atoms with E-state index >= 15 is 0 Å². The number of nitrogens with zero attached hydrogens (tertiary/aromatic N) is 6. The van der Waals surface area contributed by atoms with Crippen molar-refractivity contribution in [2.24, 2.45) is 0 Å². The van der Waals surface area contributed by atoms with Crippen molar-refractivity contribution >= 4 is 17.5 Å². The quantitative estimate of drug-likeness (QED) is 0.682.